The molecule has 0 aromatic heterocycles. The van der Waals surface area contributed by atoms with Gasteiger partial charge in [0, 0.05) is 57.4 Å². The highest BCUT2D eigenvalue weighted by molar-refractivity contribution is 5.91. The molecule has 4 saturated heterocycles. The van der Waals surface area contributed by atoms with Crippen LogP contribution >= 0.6 is 0 Å². The summed E-state index contributed by atoms with van der Waals surface area (Å²) in [5.74, 6) is -7.16. The summed E-state index contributed by atoms with van der Waals surface area (Å²) < 4.78 is 74.3. The Labute approximate surface area is 422 Å². The molecule has 0 unspecified atom stereocenters. The van der Waals surface area contributed by atoms with Gasteiger partial charge < -0.3 is 72.0 Å². The fourth-order valence-electron chi connectivity index (χ4n) is 10.9. The molecule has 71 heavy (non-hydrogen) atoms. The van der Waals surface area contributed by atoms with Gasteiger partial charge in [0.2, 0.25) is 0 Å². The number of hydrogen-bond donors (Lipinski definition) is 2. The first kappa shape index (κ1) is 60.7. The smallest absolute Gasteiger partial charge is 0.461 e. The van der Waals surface area contributed by atoms with Gasteiger partial charge in [-0.25, -0.2) is 4.79 Å². The summed E-state index contributed by atoms with van der Waals surface area (Å²) in [5, 5.41) is 22.3. The van der Waals surface area contributed by atoms with Gasteiger partial charge in [0.25, 0.3) is 0 Å². The van der Waals surface area contributed by atoms with E-state index in [1.54, 1.807) is 34.6 Å². The van der Waals surface area contributed by atoms with Crippen molar-refractivity contribution in [3.63, 3.8) is 0 Å². The number of methoxy groups -OCH3 is 3. The number of Topliss-reactive ketones (excluding diaryl/α,β-unsaturated/α-hetero) is 1. The first-order chi connectivity index (χ1) is 33.2. The minimum atomic E-state index is -1.93. The maximum absolute atomic E-state index is 15.4. The van der Waals surface area contributed by atoms with Crippen molar-refractivity contribution in [2.24, 2.45) is 41.4 Å². The van der Waals surface area contributed by atoms with E-state index in [0.29, 0.717) is 25.0 Å². The van der Waals surface area contributed by atoms with Crippen LogP contribution in [0, 0.1) is 41.4 Å². The molecule has 0 aromatic rings. The SMILES string of the molecule is C=C1C[C@@H](C)O[C@@H](O[C@@H]2[C@@H](C)[C@H](O[C@H]3C[C@H](C)N(C)C[C@H](C)O3)[C@@H](C)C(=O)O[C@H]([C@@H](C)CO[C@@H]3O[C@H](C)[C@@H](O)[C@@H](OC)[C@H]3OC)[C@H](C)[C@@H](OC(=O)CC(C)C)[C@@H](C)C(=O)[C@@](C)(OC(=O)OC)C[C@@H]2C)[C@@H]1O. The Morgan fingerprint density at radius 2 is 1.46 bits per heavy atom. The lowest BCUT2D eigenvalue weighted by Crippen LogP contribution is -2.59. The maximum Gasteiger partial charge on any atom is 0.508 e. The van der Waals surface area contributed by atoms with Crippen LogP contribution in [0.2, 0.25) is 0 Å². The second-order valence-corrected chi connectivity index (χ2v) is 21.7. The monoisotopic (exact) mass is 1020 g/mol. The van der Waals surface area contributed by atoms with Crippen molar-refractivity contribution in [3.8, 4) is 0 Å². The highest BCUT2D eigenvalue weighted by Gasteiger charge is 2.52. The first-order valence-corrected chi connectivity index (χ1v) is 25.6. The van der Waals surface area contributed by atoms with Gasteiger partial charge in [0.15, 0.2) is 30.3 Å². The van der Waals surface area contributed by atoms with Crippen LogP contribution in [-0.4, -0.2) is 178 Å². The number of aliphatic hydroxyl groups is 2. The molecule has 0 bridgehead atoms. The molecular weight excluding hydrogens is 927 g/mol. The zero-order chi connectivity index (χ0) is 53.4. The summed E-state index contributed by atoms with van der Waals surface area (Å²) in [6, 6.07) is 0.0344. The van der Waals surface area contributed by atoms with Crippen molar-refractivity contribution in [1.29, 1.82) is 0 Å². The fraction of sp³-hybridized carbons (Fsp3) is 0.885. The summed E-state index contributed by atoms with van der Waals surface area (Å²) in [4.78, 5) is 59.8. The largest absolute Gasteiger partial charge is 0.508 e. The van der Waals surface area contributed by atoms with Crippen LogP contribution in [0.15, 0.2) is 12.2 Å². The van der Waals surface area contributed by atoms with E-state index in [9.17, 15) is 19.8 Å². The Balaban J connectivity index is 1.94. The summed E-state index contributed by atoms with van der Waals surface area (Å²) in [5.41, 5.74) is -1.42. The molecule has 4 aliphatic rings. The van der Waals surface area contributed by atoms with E-state index in [-0.39, 0.29) is 43.6 Å². The molecule has 0 amide bonds. The van der Waals surface area contributed by atoms with E-state index in [1.165, 1.54) is 21.1 Å². The number of nitrogens with zero attached hydrogens (tertiary/aromatic N) is 1. The van der Waals surface area contributed by atoms with Gasteiger partial charge in [-0.1, -0.05) is 55.0 Å². The molecule has 0 spiro atoms. The molecule has 2 N–H and O–H groups in total. The number of carbonyl (C=O) groups excluding carboxylic acids is 4. The minimum absolute atomic E-state index is 0.0195. The average Bonchev–Trinajstić information content (AvgIpc) is 3.42. The number of carbonyl (C=O) groups is 4. The van der Waals surface area contributed by atoms with Gasteiger partial charge in [-0.05, 0) is 78.8 Å². The number of hydrogen-bond acceptors (Lipinski definition) is 19. The zero-order valence-corrected chi connectivity index (χ0v) is 45.5. The molecule has 19 nitrogen and oxygen atoms in total. The summed E-state index contributed by atoms with van der Waals surface area (Å²) in [6.45, 7) is 27.9. The van der Waals surface area contributed by atoms with Crippen molar-refractivity contribution >= 4 is 23.9 Å². The van der Waals surface area contributed by atoms with E-state index < -0.39 is 139 Å². The molecule has 0 aromatic carbocycles. The first-order valence-electron chi connectivity index (χ1n) is 25.6. The van der Waals surface area contributed by atoms with Gasteiger partial charge in [0.05, 0.1) is 56.1 Å². The molecule has 0 saturated carbocycles. The van der Waals surface area contributed by atoms with E-state index in [1.807, 2.05) is 48.6 Å². The quantitative estimate of drug-likeness (QED) is 0.122. The Hall–Kier alpha value is -2.82. The molecule has 0 aliphatic carbocycles. The highest BCUT2D eigenvalue weighted by atomic mass is 16.7. The van der Waals surface area contributed by atoms with Crippen molar-refractivity contribution < 1.29 is 86.2 Å². The maximum atomic E-state index is 15.4. The van der Waals surface area contributed by atoms with Crippen LogP contribution in [0.1, 0.15) is 116 Å². The van der Waals surface area contributed by atoms with Gasteiger partial charge in [-0.3, -0.25) is 14.4 Å². The predicted octanol–water partition coefficient (Wildman–Crippen LogP) is 5.62. The number of rotatable bonds is 14. The average molecular weight is 1020 g/mol. The van der Waals surface area contributed by atoms with E-state index in [4.69, 9.17) is 56.8 Å². The van der Waals surface area contributed by atoms with Gasteiger partial charge in [-0.15, -0.1) is 0 Å². The van der Waals surface area contributed by atoms with Crippen LogP contribution < -0.4 is 0 Å². The third-order valence-corrected chi connectivity index (χ3v) is 15.0. The second-order valence-electron chi connectivity index (χ2n) is 21.7. The zero-order valence-electron chi connectivity index (χ0n) is 45.5. The van der Waals surface area contributed by atoms with Crippen LogP contribution in [0.4, 0.5) is 4.79 Å². The van der Waals surface area contributed by atoms with Crippen molar-refractivity contribution in [2.45, 2.75) is 213 Å². The molecular formula is C52H89NO18. The third kappa shape index (κ3) is 15.4. The van der Waals surface area contributed by atoms with Crippen molar-refractivity contribution in [3.05, 3.63) is 12.2 Å². The molecule has 4 aliphatic heterocycles. The van der Waals surface area contributed by atoms with Crippen LogP contribution in [0.25, 0.3) is 0 Å². The number of cyclic esters (lactones) is 1. The molecule has 22 atom stereocenters. The van der Waals surface area contributed by atoms with Crippen molar-refractivity contribution in [1.82, 2.24) is 4.90 Å². The van der Waals surface area contributed by atoms with Gasteiger partial charge in [-0.2, -0.15) is 0 Å². The van der Waals surface area contributed by atoms with E-state index in [2.05, 4.69) is 18.4 Å². The van der Waals surface area contributed by atoms with Crippen LogP contribution in [0.5, 0.6) is 0 Å². The minimum Gasteiger partial charge on any atom is -0.461 e. The van der Waals surface area contributed by atoms with Crippen LogP contribution in [-0.2, 0) is 71.2 Å². The molecule has 410 valence electrons. The topological polar surface area (TPSA) is 223 Å². The number of likely N-dealkylation sites (N-methyl/N-ethyl adjacent to an activating group) is 1. The summed E-state index contributed by atoms with van der Waals surface area (Å²) in [6.07, 6.45) is -12.9. The molecule has 4 fully saturated rings. The molecule has 4 heterocycles. The lowest BCUT2D eigenvalue weighted by Gasteiger charge is -2.45. The number of aliphatic hydroxyl groups excluding tert-OH is 2. The fourth-order valence-corrected chi connectivity index (χ4v) is 10.9. The predicted molar refractivity (Wildman–Crippen MR) is 258 cm³/mol. The molecule has 0 radical (unpaired) electrons. The Morgan fingerprint density at radius 3 is 2.07 bits per heavy atom. The van der Waals surface area contributed by atoms with E-state index >= 15 is 9.59 Å². The summed E-state index contributed by atoms with van der Waals surface area (Å²) in [7, 11) is 6.06. The Kier molecular flexibility index (Phi) is 22.8. The van der Waals surface area contributed by atoms with Gasteiger partial charge >= 0.3 is 18.1 Å². The third-order valence-electron chi connectivity index (χ3n) is 15.0. The normalized spacial score (nSPS) is 42.1. The van der Waals surface area contributed by atoms with Crippen molar-refractivity contribution in [2.75, 3.05) is 41.5 Å². The lowest BCUT2D eigenvalue weighted by molar-refractivity contribution is -0.305. The second kappa shape index (κ2) is 26.6. The number of esters is 2. The van der Waals surface area contributed by atoms with Crippen LogP contribution in [0.3, 0.4) is 0 Å². The molecule has 4 rings (SSSR count). The lowest BCUT2D eigenvalue weighted by atomic mass is 9.74. The molecule has 19 heteroatoms. The number of ketones is 1. The Morgan fingerprint density at radius 1 is 0.817 bits per heavy atom. The number of ether oxygens (including phenoxy) is 12. The standard InChI is InChI=1S/C52H89NO18/c1-25(2)19-37(54)67-43-33(10)42(28(5)24-63-50-46(61-17)45(60-16)40(56)36(13)66-50)69-48(58)35(12)44(68-38-21-29(6)53(15)23-31(8)64-38)32(9)41(70-49-39(55)26(3)20-30(7)65-49)27(4)22-52(14,47(57)34(43)11)71-51(59)62-18/h25,27-36,38-46,49-50,55-56H,3,19-24H2,1-2,4-18H3/t27-,28-,29-,30+,31-,32+,33-,34+,35+,36+,38-,39+,40+,41-,42+,43+,44-,45+,46+,49-,50+,52-/m0/s1. The summed E-state index contributed by atoms with van der Waals surface area (Å²) >= 11 is 0. The Bertz CT molecular complexity index is 1750. The highest BCUT2D eigenvalue weighted by Crippen LogP contribution is 2.41. The van der Waals surface area contributed by atoms with E-state index in [0.717, 1.165) is 7.11 Å². The van der Waals surface area contributed by atoms with Gasteiger partial charge in [0.1, 0.15) is 36.6 Å².